The minimum absolute atomic E-state index is 0.300. The number of carboxylic acids is 1. The molecule has 0 saturated heterocycles. The van der Waals surface area contributed by atoms with Crippen LogP contribution in [0, 0.1) is 0 Å². The minimum atomic E-state index is -0.983. The van der Waals surface area contributed by atoms with E-state index in [-0.39, 0.29) is 5.91 Å². The van der Waals surface area contributed by atoms with Crippen molar-refractivity contribution < 1.29 is 14.7 Å². The van der Waals surface area contributed by atoms with E-state index in [1.54, 1.807) is 6.07 Å². The molecule has 1 aliphatic rings. The minimum Gasteiger partial charge on any atom is -0.480 e. The topological polar surface area (TPSA) is 78.4 Å². The van der Waals surface area contributed by atoms with Crippen LogP contribution in [-0.4, -0.2) is 29.6 Å². The van der Waals surface area contributed by atoms with Crippen molar-refractivity contribution in [2.75, 3.05) is 11.9 Å². The van der Waals surface area contributed by atoms with Gasteiger partial charge in [-0.2, -0.15) is 0 Å². The van der Waals surface area contributed by atoms with Crippen LogP contribution >= 0.6 is 0 Å². The fourth-order valence-electron chi connectivity index (χ4n) is 2.50. The van der Waals surface area contributed by atoms with Crippen LogP contribution in [0.15, 0.2) is 18.2 Å². The van der Waals surface area contributed by atoms with Crippen LogP contribution in [-0.2, 0) is 11.2 Å². The first-order valence-electron chi connectivity index (χ1n) is 7.03. The molecule has 0 saturated carbocycles. The second kappa shape index (κ2) is 6.41. The van der Waals surface area contributed by atoms with Gasteiger partial charge in [0.15, 0.2) is 0 Å². The average Bonchev–Trinajstić information content (AvgIpc) is 2.46. The number of amides is 1. The number of aliphatic carboxylic acids is 1. The Hall–Kier alpha value is -2.04. The van der Waals surface area contributed by atoms with E-state index in [9.17, 15) is 9.59 Å². The van der Waals surface area contributed by atoms with Crippen LogP contribution < -0.4 is 10.6 Å². The number of nitrogens with one attached hydrogen (secondary N) is 2. The van der Waals surface area contributed by atoms with E-state index < -0.39 is 12.0 Å². The molecule has 0 aromatic heterocycles. The van der Waals surface area contributed by atoms with Crippen molar-refractivity contribution >= 4 is 17.6 Å². The van der Waals surface area contributed by atoms with Crippen molar-refractivity contribution in [3.63, 3.8) is 0 Å². The van der Waals surface area contributed by atoms with Crippen LogP contribution in [0.2, 0.25) is 0 Å². The Balaban J connectivity index is 2.19. The molecule has 2 rings (SSSR count). The summed E-state index contributed by atoms with van der Waals surface area (Å²) in [6, 6.07) is 4.71. The largest absolute Gasteiger partial charge is 0.480 e. The van der Waals surface area contributed by atoms with E-state index in [2.05, 4.69) is 10.6 Å². The molecule has 108 valence electrons. The zero-order valence-electron chi connectivity index (χ0n) is 11.6. The summed E-state index contributed by atoms with van der Waals surface area (Å²) in [6.45, 7) is 2.81. The van der Waals surface area contributed by atoms with E-state index in [0.29, 0.717) is 18.4 Å². The van der Waals surface area contributed by atoms with Crippen molar-refractivity contribution in [2.45, 2.75) is 38.6 Å². The molecule has 0 spiro atoms. The molecule has 1 amide bonds. The summed E-state index contributed by atoms with van der Waals surface area (Å²) in [6.07, 6.45) is 2.98. The summed E-state index contributed by atoms with van der Waals surface area (Å²) >= 11 is 0. The number of hydrogen-bond donors (Lipinski definition) is 3. The SMILES string of the molecule is CCC[C@H](NC(=O)c1cccc2c1CCCN2)C(=O)O. The molecule has 0 aliphatic carbocycles. The van der Waals surface area contributed by atoms with E-state index in [4.69, 9.17) is 5.11 Å². The molecule has 20 heavy (non-hydrogen) atoms. The number of hydrogen-bond acceptors (Lipinski definition) is 3. The molecule has 1 atom stereocenters. The molecule has 1 aromatic rings. The van der Waals surface area contributed by atoms with Crippen molar-refractivity contribution in [2.24, 2.45) is 0 Å². The first-order valence-corrected chi connectivity index (χ1v) is 7.03. The first kappa shape index (κ1) is 14.4. The van der Waals surface area contributed by atoms with Crippen LogP contribution in [0.5, 0.6) is 0 Å². The standard InChI is InChI=1S/C15H20N2O3/c1-2-5-13(15(19)20)17-14(18)11-6-3-8-12-10(11)7-4-9-16-12/h3,6,8,13,16H,2,4-5,7,9H2,1H3,(H,17,18)(H,19,20)/t13-/m0/s1. The van der Waals surface area contributed by atoms with Crippen LogP contribution in [0.25, 0.3) is 0 Å². The van der Waals surface area contributed by atoms with Crippen LogP contribution in [0.3, 0.4) is 0 Å². The van der Waals surface area contributed by atoms with Gasteiger partial charge in [-0.3, -0.25) is 4.79 Å². The average molecular weight is 276 g/mol. The van der Waals surface area contributed by atoms with Gasteiger partial charge >= 0.3 is 5.97 Å². The maximum atomic E-state index is 12.3. The lowest BCUT2D eigenvalue weighted by atomic mass is 9.97. The highest BCUT2D eigenvalue weighted by molar-refractivity contribution is 5.99. The summed E-state index contributed by atoms with van der Waals surface area (Å²) in [5.41, 5.74) is 2.54. The van der Waals surface area contributed by atoms with Gasteiger partial charge in [0, 0.05) is 17.8 Å². The van der Waals surface area contributed by atoms with E-state index in [1.165, 1.54) is 0 Å². The van der Waals surface area contributed by atoms with Crippen LogP contribution in [0.1, 0.15) is 42.1 Å². The summed E-state index contributed by atoms with van der Waals surface area (Å²) < 4.78 is 0. The molecule has 1 aliphatic heterocycles. The highest BCUT2D eigenvalue weighted by Crippen LogP contribution is 2.25. The fourth-order valence-corrected chi connectivity index (χ4v) is 2.50. The zero-order valence-corrected chi connectivity index (χ0v) is 11.6. The molecular formula is C15H20N2O3. The van der Waals surface area contributed by atoms with Crippen molar-refractivity contribution in [3.05, 3.63) is 29.3 Å². The van der Waals surface area contributed by atoms with Gasteiger partial charge in [0.25, 0.3) is 5.91 Å². The summed E-state index contributed by atoms with van der Waals surface area (Å²) in [7, 11) is 0. The van der Waals surface area contributed by atoms with E-state index >= 15 is 0 Å². The number of carbonyl (C=O) groups is 2. The molecule has 3 N–H and O–H groups in total. The van der Waals surface area contributed by atoms with Gasteiger partial charge in [-0.15, -0.1) is 0 Å². The number of anilines is 1. The second-order valence-electron chi connectivity index (χ2n) is 5.01. The third-order valence-electron chi connectivity index (χ3n) is 3.52. The van der Waals surface area contributed by atoms with E-state index in [0.717, 1.165) is 30.6 Å². The Morgan fingerprint density at radius 2 is 2.25 bits per heavy atom. The second-order valence-corrected chi connectivity index (χ2v) is 5.01. The third kappa shape index (κ3) is 3.10. The smallest absolute Gasteiger partial charge is 0.326 e. The predicted octanol–water partition coefficient (Wildman–Crippen LogP) is 2.03. The Morgan fingerprint density at radius 3 is 2.95 bits per heavy atom. The molecule has 0 fully saturated rings. The number of rotatable bonds is 5. The lowest BCUT2D eigenvalue weighted by Crippen LogP contribution is -2.41. The maximum absolute atomic E-state index is 12.3. The summed E-state index contributed by atoms with van der Waals surface area (Å²) in [5.74, 6) is -1.28. The molecule has 1 heterocycles. The predicted molar refractivity (Wildman–Crippen MR) is 77.1 cm³/mol. The maximum Gasteiger partial charge on any atom is 0.326 e. The molecule has 0 unspecified atom stereocenters. The number of carboxylic acid groups (broad SMARTS) is 1. The molecule has 5 heteroatoms. The van der Waals surface area contributed by atoms with E-state index in [1.807, 2.05) is 19.1 Å². The molecule has 5 nitrogen and oxygen atoms in total. The quantitative estimate of drug-likeness (QED) is 0.769. The third-order valence-corrected chi connectivity index (χ3v) is 3.52. The molecular weight excluding hydrogens is 256 g/mol. The zero-order chi connectivity index (χ0) is 14.5. The van der Waals surface area contributed by atoms with Crippen molar-refractivity contribution in [1.82, 2.24) is 5.32 Å². The monoisotopic (exact) mass is 276 g/mol. The fraction of sp³-hybridized carbons (Fsp3) is 0.467. The van der Waals surface area contributed by atoms with Crippen molar-refractivity contribution in [1.29, 1.82) is 0 Å². The number of fused-ring (bicyclic) bond motifs is 1. The summed E-state index contributed by atoms with van der Waals surface area (Å²) in [4.78, 5) is 23.4. The lowest BCUT2D eigenvalue weighted by molar-refractivity contribution is -0.139. The first-order chi connectivity index (χ1) is 9.63. The summed E-state index contributed by atoms with van der Waals surface area (Å²) in [5, 5.41) is 15.0. The Kier molecular flexibility index (Phi) is 4.61. The Morgan fingerprint density at radius 1 is 1.45 bits per heavy atom. The Labute approximate surface area is 118 Å². The molecule has 0 radical (unpaired) electrons. The van der Waals surface area contributed by atoms with Crippen molar-refractivity contribution in [3.8, 4) is 0 Å². The van der Waals surface area contributed by atoms with Gasteiger partial charge in [0.2, 0.25) is 0 Å². The molecule has 1 aromatic carbocycles. The number of carbonyl (C=O) groups excluding carboxylic acids is 1. The van der Waals surface area contributed by atoms with Gasteiger partial charge in [-0.05, 0) is 37.0 Å². The molecule has 0 bridgehead atoms. The van der Waals surface area contributed by atoms with Gasteiger partial charge in [0.05, 0.1) is 0 Å². The van der Waals surface area contributed by atoms with Crippen LogP contribution in [0.4, 0.5) is 5.69 Å². The van der Waals surface area contributed by atoms with Gasteiger partial charge in [-0.25, -0.2) is 4.79 Å². The van der Waals surface area contributed by atoms with Gasteiger partial charge in [0.1, 0.15) is 6.04 Å². The van der Waals surface area contributed by atoms with Gasteiger partial charge in [-0.1, -0.05) is 19.4 Å². The highest BCUT2D eigenvalue weighted by Gasteiger charge is 2.22. The number of benzene rings is 1. The lowest BCUT2D eigenvalue weighted by Gasteiger charge is -2.21. The highest BCUT2D eigenvalue weighted by atomic mass is 16.4. The Bertz CT molecular complexity index is 514. The normalized spacial score (nSPS) is 14.8. The van der Waals surface area contributed by atoms with Gasteiger partial charge < -0.3 is 15.7 Å².